The number of rotatable bonds is 5. The van der Waals surface area contributed by atoms with E-state index in [1.807, 2.05) is 25.1 Å². The number of nitriles is 1. The summed E-state index contributed by atoms with van der Waals surface area (Å²) in [6, 6.07) is 5.98. The fourth-order valence-electron chi connectivity index (χ4n) is 1.21. The van der Waals surface area contributed by atoms with Crippen LogP contribution in [-0.4, -0.2) is 38.1 Å². The van der Waals surface area contributed by atoms with Crippen LogP contribution in [0.15, 0.2) is 18.2 Å². The maximum absolute atomic E-state index is 10.6. The Balaban J connectivity index is 0.00000289. The van der Waals surface area contributed by atoms with E-state index in [9.17, 15) is 9.90 Å². The van der Waals surface area contributed by atoms with Crippen molar-refractivity contribution in [2.45, 2.75) is 0 Å². The van der Waals surface area contributed by atoms with Crippen LogP contribution in [0.4, 0.5) is 0 Å². The van der Waals surface area contributed by atoms with E-state index in [2.05, 4.69) is 0 Å². The van der Waals surface area contributed by atoms with Crippen molar-refractivity contribution in [3.05, 3.63) is 29.3 Å². The molecule has 1 rings (SSSR count). The second-order valence-corrected chi connectivity index (χ2v) is 3.76. The molecule has 0 saturated heterocycles. The Labute approximate surface area is 118 Å². The number of likely N-dealkylation sites (N-methyl/N-ethyl adjacent to an activating group) is 1. The Morgan fingerprint density at radius 1 is 1.50 bits per heavy atom. The molecule has 1 aromatic carbocycles. The molecule has 90 valence electrons. The molecule has 0 amide bonds. The molecular weight excluding hydrogens is 227 g/mol. The normalized spacial score (nSPS) is 9.44. The molecule has 0 N–H and O–H groups in total. The molecule has 0 fully saturated rings. The Morgan fingerprint density at radius 3 is 2.67 bits per heavy atom. The Morgan fingerprint density at radius 2 is 2.17 bits per heavy atom. The zero-order chi connectivity index (χ0) is 12.8. The van der Waals surface area contributed by atoms with Gasteiger partial charge in [0, 0.05) is 6.54 Å². The Kier molecular flexibility index (Phi) is 7.15. The molecule has 0 heterocycles. The first kappa shape index (κ1) is 16.5. The van der Waals surface area contributed by atoms with Crippen LogP contribution in [0.3, 0.4) is 0 Å². The number of carbonyl (C=O) groups excluding carboxylic acids is 1. The standard InChI is InChI=1S/C12H14N2O3.Li/c1-14(2)5-6-17-11-4-3-9(12(15)16)7-10(11)8-13;/h3-4,7H,5-6H2,1-2H3,(H,15,16);/q;+1/p-1. The smallest absolute Gasteiger partial charge is 0.545 e. The van der Waals surface area contributed by atoms with Gasteiger partial charge in [0.2, 0.25) is 0 Å². The van der Waals surface area contributed by atoms with Gasteiger partial charge in [-0.25, -0.2) is 0 Å². The van der Waals surface area contributed by atoms with Crippen molar-refractivity contribution in [2.24, 2.45) is 0 Å². The fraction of sp³-hybridized carbons (Fsp3) is 0.333. The van der Waals surface area contributed by atoms with Crippen LogP contribution in [0, 0.1) is 11.3 Å². The number of carboxylic acid groups (broad SMARTS) is 1. The SMILES string of the molecule is CN(C)CCOc1ccc(C(=O)[O-])cc1C#N.[Li+]. The van der Waals surface area contributed by atoms with Crippen molar-refractivity contribution < 1.29 is 33.5 Å². The second-order valence-electron chi connectivity index (χ2n) is 3.76. The van der Waals surface area contributed by atoms with Gasteiger partial charge in [-0.15, -0.1) is 0 Å². The van der Waals surface area contributed by atoms with Gasteiger partial charge in [0.05, 0.1) is 11.5 Å². The van der Waals surface area contributed by atoms with Gasteiger partial charge < -0.3 is 19.5 Å². The van der Waals surface area contributed by atoms with E-state index in [1.165, 1.54) is 18.2 Å². The van der Waals surface area contributed by atoms with E-state index >= 15 is 0 Å². The zero-order valence-electron chi connectivity index (χ0n) is 10.8. The number of carbonyl (C=O) groups is 1. The number of hydrogen-bond acceptors (Lipinski definition) is 5. The minimum absolute atomic E-state index is 0. The minimum Gasteiger partial charge on any atom is -0.545 e. The largest absolute Gasteiger partial charge is 1.00 e. The number of hydrogen-bond donors (Lipinski definition) is 0. The zero-order valence-corrected chi connectivity index (χ0v) is 10.8. The molecule has 0 saturated carbocycles. The van der Waals surface area contributed by atoms with Gasteiger partial charge in [-0.2, -0.15) is 5.26 Å². The van der Waals surface area contributed by atoms with E-state index in [-0.39, 0.29) is 30.0 Å². The topological polar surface area (TPSA) is 76.4 Å². The number of carboxylic acids is 1. The van der Waals surface area contributed by atoms with Crippen molar-refractivity contribution in [2.75, 3.05) is 27.2 Å². The molecule has 0 bridgehead atoms. The summed E-state index contributed by atoms with van der Waals surface area (Å²) in [5.74, 6) is -0.916. The van der Waals surface area contributed by atoms with Gasteiger partial charge in [-0.1, -0.05) is 0 Å². The predicted molar refractivity (Wildman–Crippen MR) is 59.5 cm³/mol. The molecule has 5 nitrogen and oxygen atoms in total. The maximum atomic E-state index is 10.6. The molecule has 0 aliphatic carbocycles. The van der Waals surface area contributed by atoms with Gasteiger partial charge in [-0.05, 0) is 37.9 Å². The summed E-state index contributed by atoms with van der Waals surface area (Å²) in [4.78, 5) is 12.6. The van der Waals surface area contributed by atoms with Gasteiger partial charge in [0.1, 0.15) is 18.4 Å². The Hall–Kier alpha value is -1.46. The molecule has 18 heavy (non-hydrogen) atoms. The van der Waals surface area contributed by atoms with Gasteiger partial charge in [0.15, 0.2) is 0 Å². The monoisotopic (exact) mass is 240 g/mol. The summed E-state index contributed by atoms with van der Waals surface area (Å²) < 4.78 is 5.40. The van der Waals surface area contributed by atoms with E-state index in [1.54, 1.807) is 0 Å². The van der Waals surface area contributed by atoms with E-state index in [4.69, 9.17) is 10.00 Å². The molecule has 0 spiro atoms. The maximum Gasteiger partial charge on any atom is 1.00 e. The molecule has 6 heteroatoms. The summed E-state index contributed by atoms with van der Waals surface area (Å²) in [6.07, 6.45) is 0. The van der Waals surface area contributed by atoms with Crippen LogP contribution in [0.25, 0.3) is 0 Å². The van der Waals surface area contributed by atoms with Crippen LogP contribution in [0.1, 0.15) is 15.9 Å². The second kappa shape index (κ2) is 7.79. The van der Waals surface area contributed by atoms with Crippen molar-refractivity contribution in [3.8, 4) is 11.8 Å². The molecule has 0 atom stereocenters. The van der Waals surface area contributed by atoms with Gasteiger partial charge in [-0.3, -0.25) is 0 Å². The summed E-state index contributed by atoms with van der Waals surface area (Å²) in [5, 5.41) is 19.5. The van der Waals surface area contributed by atoms with Crippen LogP contribution >= 0.6 is 0 Å². The Bertz CT molecular complexity index is 455. The van der Waals surface area contributed by atoms with Crippen LogP contribution in [0.2, 0.25) is 0 Å². The van der Waals surface area contributed by atoms with Crippen molar-refractivity contribution in [3.63, 3.8) is 0 Å². The average Bonchev–Trinajstić information content (AvgIpc) is 2.28. The molecule has 0 unspecified atom stereocenters. The molecule has 0 radical (unpaired) electrons. The molecular formula is C12H13LiN2O3. The first-order chi connectivity index (χ1) is 8.04. The van der Waals surface area contributed by atoms with E-state index in [0.29, 0.717) is 18.9 Å². The predicted octanol–water partition coefficient (Wildman–Crippen LogP) is -3.13. The third-order valence-corrected chi connectivity index (χ3v) is 2.13. The van der Waals surface area contributed by atoms with Crippen LogP contribution in [0.5, 0.6) is 5.75 Å². The van der Waals surface area contributed by atoms with E-state index < -0.39 is 5.97 Å². The summed E-state index contributed by atoms with van der Waals surface area (Å²) in [6.45, 7) is 1.15. The van der Waals surface area contributed by atoms with Gasteiger partial charge >= 0.3 is 18.9 Å². The quantitative estimate of drug-likeness (QED) is 0.508. The van der Waals surface area contributed by atoms with Gasteiger partial charge in [0.25, 0.3) is 0 Å². The molecule has 0 aliphatic heterocycles. The number of aromatic carboxylic acids is 1. The molecule has 0 aromatic heterocycles. The van der Waals surface area contributed by atoms with Crippen molar-refractivity contribution in [1.82, 2.24) is 4.90 Å². The fourth-order valence-corrected chi connectivity index (χ4v) is 1.21. The minimum atomic E-state index is -1.30. The molecule has 0 aliphatic rings. The number of ether oxygens (including phenoxy) is 1. The third kappa shape index (κ3) is 4.81. The summed E-state index contributed by atoms with van der Waals surface area (Å²) in [7, 11) is 3.82. The van der Waals surface area contributed by atoms with Crippen LogP contribution < -0.4 is 28.7 Å². The summed E-state index contributed by atoms with van der Waals surface area (Å²) >= 11 is 0. The number of benzene rings is 1. The van der Waals surface area contributed by atoms with Crippen molar-refractivity contribution >= 4 is 5.97 Å². The van der Waals surface area contributed by atoms with Crippen molar-refractivity contribution in [1.29, 1.82) is 5.26 Å². The summed E-state index contributed by atoms with van der Waals surface area (Å²) in [5.41, 5.74) is 0.173. The average molecular weight is 240 g/mol. The first-order valence-corrected chi connectivity index (χ1v) is 5.07. The number of nitrogens with zero attached hydrogens (tertiary/aromatic N) is 2. The third-order valence-electron chi connectivity index (χ3n) is 2.13. The van der Waals surface area contributed by atoms with E-state index in [0.717, 1.165) is 0 Å². The first-order valence-electron chi connectivity index (χ1n) is 5.07. The molecule has 1 aromatic rings. The van der Waals surface area contributed by atoms with Crippen LogP contribution in [-0.2, 0) is 0 Å².